The molecule has 0 bridgehead atoms. The van der Waals surface area contributed by atoms with Crippen LogP contribution in [0.5, 0.6) is 5.75 Å². The summed E-state index contributed by atoms with van der Waals surface area (Å²) < 4.78 is 0. The van der Waals surface area contributed by atoms with Gasteiger partial charge in [0.05, 0.1) is 6.61 Å². The highest BCUT2D eigenvalue weighted by molar-refractivity contribution is 5.74. The lowest BCUT2D eigenvalue weighted by Gasteiger charge is -2.11. The zero-order valence-electron chi connectivity index (χ0n) is 21.0. The maximum absolute atomic E-state index is 10.4. The van der Waals surface area contributed by atoms with Gasteiger partial charge in [0.1, 0.15) is 29.9 Å². The van der Waals surface area contributed by atoms with Crippen molar-refractivity contribution in [3.63, 3.8) is 0 Å². The van der Waals surface area contributed by atoms with E-state index in [9.17, 15) is 19.2 Å². The lowest BCUT2D eigenvalue weighted by molar-refractivity contribution is -0.140. The molecule has 5 atom stereocenters. The molecule has 1 heterocycles. The molecule has 13 N–H and O–H groups in total. The molecule has 0 unspecified atom stereocenters. The molecule has 1 aromatic carbocycles. The molecule has 1 aliphatic rings. The number of benzene rings is 1. The van der Waals surface area contributed by atoms with Crippen molar-refractivity contribution in [1.82, 2.24) is 5.32 Å². The van der Waals surface area contributed by atoms with Gasteiger partial charge in [-0.05, 0) is 49.4 Å². The van der Waals surface area contributed by atoms with Gasteiger partial charge < -0.3 is 53.2 Å². The van der Waals surface area contributed by atoms with Crippen LogP contribution in [0.25, 0.3) is 0 Å². The molecular formula is C23H40N4O10. The Kier molecular flexibility index (Phi) is 19.2. The van der Waals surface area contributed by atoms with E-state index in [1.807, 2.05) is 13.8 Å². The Bertz CT molecular complexity index is 816. The number of nitrogens with two attached hydrogens (primary N) is 3. The van der Waals surface area contributed by atoms with Crippen LogP contribution in [-0.2, 0) is 25.6 Å². The minimum Gasteiger partial charge on any atom is -0.508 e. The lowest BCUT2D eigenvalue weighted by atomic mass is 10.0. The van der Waals surface area contributed by atoms with Gasteiger partial charge in [-0.25, -0.2) is 0 Å². The van der Waals surface area contributed by atoms with Crippen LogP contribution in [-0.4, -0.2) is 91.8 Å². The predicted octanol–water partition coefficient (Wildman–Crippen LogP) is -0.995. The molecule has 2 rings (SSSR count). The number of hydrogen-bond acceptors (Lipinski definition) is 10. The Morgan fingerprint density at radius 1 is 0.946 bits per heavy atom. The van der Waals surface area contributed by atoms with E-state index >= 15 is 0 Å². The average Bonchev–Trinajstić information content (AvgIpc) is 3.40. The number of aromatic hydroxyl groups is 1. The number of aliphatic hydroxyl groups is 1. The van der Waals surface area contributed by atoms with Gasteiger partial charge in [0, 0.05) is 0 Å². The second-order valence-electron chi connectivity index (χ2n) is 8.18. The fraction of sp³-hybridized carbons (Fsp3) is 0.565. The zero-order valence-corrected chi connectivity index (χ0v) is 21.0. The van der Waals surface area contributed by atoms with Crippen LogP contribution in [0.3, 0.4) is 0 Å². The Morgan fingerprint density at radius 3 is 1.70 bits per heavy atom. The number of phenols is 1. The summed E-state index contributed by atoms with van der Waals surface area (Å²) >= 11 is 0. The molecule has 14 nitrogen and oxygen atoms in total. The van der Waals surface area contributed by atoms with Gasteiger partial charge >= 0.3 is 23.9 Å². The van der Waals surface area contributed by atoms with Crippen molar-refractivity contribution in [2.75, 3.05) is 13.2 Å². The standard InChI is InChI=1S/C9H11NO3.C6H13NO2.C5H9NO2.C3H7NO3/c10-8(9(12)13)5-6-1-3-7(11)4-2-6;1-3-4(2)5(7)6(8)9;7-5(8)4-2-1-3-6-4;4-2(1-5)3(6)7/h1-4,8,11H,5,10H2,(H,12,13);4-5H,3,7H2,1-2H3,(H,8,9);4,6H,1-3H2,(H,7,8);2,5H,1,4H2,(H,6,7)/t8-;4-,5-;4-;2-/m0000/s1. The van der Waals surface area contributed by atoms with Crippen molar-refractivity contribution >= 4 is 23.9 Å². The summed E-state index contributed by atoms with van der Waals surface area (Å²) in [5.74, 6) is -3.60. The summed E-state index contributed by atoms with van der Waals surface area (Å²) in [5.41, 5.74) is 16.2. The number of rotatable bonds is 9. The maximum atomic E-state index is 10.4. The third-order valence-electron chi connectivity index (χ3n) is 5.12. The molecule has 0 aromatic heterocycles. The summed E-state index contributed by atoms with van der Waals surface area (Å²) in [5, 5.41) is 52.9. The summed E-state index contributed by atoms with van der Waals surface area (Å²) in [4.78, 5) is 40.4. The average molecular weight is 533 g/mol. The molecule has 1 aliphatic heterocycles. The van der Waals surface area contributed by atoms with Crippen molar-refractivity contribution in [3.05, 3.63) is 29.8 Å². The third-order valence-corrected chi connectivity index (χ3v) is 5.12. The number of aliphatic hydroxyl groups excluding tert-OH is 1. The van der Waals surface area contributed by atoms with Gasteiger partial charge in [0.25, 0.3) is 0 Å². The monoisotopic (exact) mass is 532 g/mol. The number of carboxylic acids is 4. The van der Waals surface area contributed by atoms with Gasteiger partial charge in [-0.1, -0.05) is 32.4 Å². The SMILES string of the molecule is CC[C@H](C)[C@H](N)C(=O)O.N[C@@H](CO)C(=O)O.N[C@@H](Cc1ccc(O)cc1)C(=O)O.O=C(O)[C@@H]1CCCN1. The molecule has 0 saturated carbocycles. The van der Waals surface area contributed by atoms with Crippen LogP contribution in [0.1, 0.15) is 38.7 Å². The summed E-state index contributed by atoms with van der Waals surface area (Å²) in [6.45, 7) is 4.11. The quantitative estimate of drug-likeness (QED) is 0.183. The Morgan fingerprint density at radius 2 is 1.46 bits per heavy atom. The van der Waals surface area contributed by atoms with Crippen LogP contribution in [0.15, 0.2) is 24.3 Å². The first kappa shape index (κ1) is 35.9. The number of aliphatic carboxylic acids is 4. The van der Waals surface area contributed by atoms with E-state index in [-0.39, 0.29) is 24.1 Å². The van der Waals surface area contributed by atoms with E-state index in [1.54, 1.807) is 12.1 Å². The second-order valence-corrected chi connectivity index (χ2v) is 8.18. The first-order valence-electron chi connectivity index (χ1n) is 11.5. The van der Waals surface area contributed by atoms with Crippen LogP contribution in [0.4, 0.5) is 0 Å². The smallest absolute Gasteiger partial charge is 0.322 e. The van der Waals surface area contributed by atoms with Gasteiger partial charge in [0.15, 0.2) is 0 Å². The Labute approximate surface area is 215 Å². The first-order chi connectivity index (χ1) is 17.2. The van der Waals surface area contributed by atoms with Crippen LogP contribution < -0.4 is 22.5 Å². The van der Waals surface area contributed by atoms with Crippen LogP contribution in [0, 0.1) is 5.92 Å². The molecule has 0 spiro atoms. The maximum Gasteiger partial charge on any atom is 0.322 e. The molecule has 37 heavy (non-hydrogen) atoms. The minimum atomic E-state index is -1.18. The van der Waals surface area contributed by atoms with E-state index in [4.69, 9.17) is 47.8 Å². The number of carbonyl (C=O) groups is 4. The van der Waals surface area contributed by atoms with Gasteiger partial charge in [-0.2, -0.15) is 0 Å². The fourth-order valence-electron chi connectivity index (χ4n) is 2.44. The van der Waals surface area contributed by atoms with Crippen molar-refractivity contribution in [1.29, 1.82) is 0 Å². The van der Waals surface area contributed by atoms with Crippen molar-refractivity contribution in [2.45, 2.75) is 63.7 Å². The van der Waals surface area contributed by atoms with E-state index in [0.29, 0.717) is 0 Å². The fourth-order valence-corrected chi connectivity index (χ4v) is 2.44. The second kappa shape index (κ2) is 19.8. The minimum absolute atomic E-state index is 0.0718. The molecule has 0 aliphatic carbocycles. The van der Waals surface area contributed by atoms with Crippen molar-refractivity contribution in [2.24, 2.45) is 23.1 Å². The molecule has 1 saturated heterocycles. The highest BCUT2D eigenvalue weighted by Gasteiger charge is 2.20. The number of phenolic OH excluding ortho intramolecular Hbond substituents is 1. The molecule has 1 aromatic rings. The first-order valence-corrected chi connectivity index (χ1v) is 11.5. The highest BCUT2D eigenvalue weighted by Crippen LogP contribution is 2.10. The Balaban J connectivity index is 0. The highest BCUT2D eigenvalue weighted by atomic mass is 16.4. The summed E-state index contributed by atoms with van der Waals surface area (Å²) in [6.07, 6.45) is 2.87. The summed E-state index contributed by atoms with van der Waals surface area (Å²) in [6, 6.07) is 3.33. The number of carboxylic acid groups (broad SMARTS) is 4. The van der Waals surface area contributed by atoms with E-state index in [2.05, 4.69) is 5.32 Å². The predicted molar refractivity (Wildman–Crippen MR) is 134 cm³/mol. The molecule has 212 valence electrons. The lowest BCUT2D eigenvalue weighted by Crippen LogP contribution is -2.36. The van der Waals surface area contributed by atoms with Gasteiger partial charge in [0.2, 0.25) is 0 Å². The number of nitrogens with one attached hydrogen (secondary N) is 1. The normalized spacial score (nSPS) is 17.1. The van der Waals surface area contributed by atoms with Crippen LogP contribution in [0.2, 0.25) is 0 Å². The van der Waals surface area contributed by atoms with Gasteiger partial charge in [-0.3, -0.25) is 19.2 Å². The molecule has 14 heteroatoms. The Hall–Kier alpha value is -3.30. The van der Waals surface area contributed by atoms with E-state index in [1.165, 1.54) is 12.1 Å². The number of hydrogen-bond donors (Lipinski definition) is 10. The van der Waals surface area contributed by atoms with Crippen molar-refractivity contribution in [3.8, 4) is 5.75 Å². The van der Waals surface area contributed by atoms with Crippen LogP contribution >= 0.6 is 0 Å². The molecule has 1 fully saturated rings. The van der Waals surface area contributed by atoms with Crippen molar-refractivity contribution < 1.29 is 49.8 Å². The molecule has 0 radical (unpaired) electrons. The zero-order chi connectivity index (χ0) is 29.1. The largest absolute Gasteiger partial charge is 0.508 e. The summed E-state index contributed by atoms with van der Waals surface area (Å²) in [7, 11) is 0. The topological polar surface area (TPSA) is 280 Å². The third kappa shape index (κ3) is 17.7. The van der Waals surface area contributed by atoms with Gasteiger partial charge in [-0.15, -0.1) is 0 Å². The van der Waals surface area contributed by atoms with E-state index in [0.717, 1.165) is 31.4 Å². The molecular weight excluding hydrogens is 492 g/mol. The van der Waals surface area contributed by atoms with E-state index < -0.39 is 48.6 Å². The molecule has 0 amide bonds.